The Morgan fingerprint density at radius 1 is 0.633 bits per heavy atom. The van der Waals surface area contributed by atoms with Crippen molar-refractivity contribution in [2.75, 3.05) is 0 Å². The Balaban J connectivity index is 1.54. The van der Waals surface area contributed by atoms with Crippen LogP contribution in [0.4, 0.5) is 0 Å². The molecule has 1 saturated heterocycles. The minimum Gasteiger partial charge on any atom is -0.274 e. The van der Waals surface area contributed by atoms with Crippen molar-refractivity contribution in [3.05, 3.63) is 109 Å². The van der Waals surface area contributed by atoms with Gasteiger partial charge in [-0.1, -0.05) is 66.7 Å². The van der Waals surface area contributed by atoms with Crippen molar-refractivity contribution < 1.29 is 9.36 Å². The van der Waals surface area contributed by atoms with Crippen molar-refractivity contribution in [2.24, 2.45) is 0 Å². The molecule has 0 aliphatic carbocycles. The second-order valence-electron chi connectivity index (χ2n) is 6.82. The van der Waals surface area contributed by atoms with E-state index in [1.807, 2.05) is 94.6 Å². The molecular formula is C22H21N7S+2. The van der Waals surface area contributed by atoms with Gasteiger partial charge < -0.3 is 0 Å². The third-order valence-corrected chi connectivity index (χ3v) is 5.47. The average Bonchev–Trinajstić information content (AvgIpc) is 2.85. The summed E-state index contributed by atoms with van der Waals surface area (Å²) in [6, 6.07) is 30.3. The molecule has 7 nitrogen and oxygen atoms in total. The summed E-state index contributed by atoms with van der Waals surface area (Å²) in [6.07, 6.45) is 1.62. The largest absolute Gasteiger partial charge is 0.469 e. The van der Waals surface area contributed by atoms with Crippen LogP contribution in [0.1, 0.15) is 23.7 Å². The van der Waals surface area contributed by atoms with Crippen LogP contribution in [0.25, 0.3) is 11.4 Å². The predicted molar refractivity (Wildman–Crippen MR) is 114 cm³/mol. The summed E-state index contributed by atoms with van der Waals surface area (Å²) in [5.74, 6) is 0.639. The Kier molecular flexibility index (Phi) is 5.45. The van der Waals surface area contributed by atoms with Gasteiger partial charge in [-0.05, 0) is 5.56 Å². The van der Waals surface area contributed by atoms with Gasteiger partial charge in [0, 0.05) is 56.0 Å². The Bertz CT molecular complexity index is 1050. The molecule has 0 saturated carbocycles. The van der Waals surface area contributed by atoms with Crippen LogP contribution >= 0.6 is 12.1 Å². The number of para-hydroxylation sites is 2. The molecule has 1 fully saturated rings. The molecule has 3 N–H and O–H groups in total. The highest BCUT2D eigenvalue weighted by molar-refractivity contribution is 7.95. The molecule has 4 aromatic rings. The zero-order chi connectivity index (χ0) is 20.2. The lowest BCUT2D eigenvalue weighted by Crippen LogP contribution is -2.54. The van der Waals surface area contributed by atoms with E-state index in [1.54, 1.807) is 0 Å². The quantitative estimate of drug-likeness (QED) is 0.350. The predicted octanol–water partition coefficient (Wildman–Crippen LogP) is 2.07. The maximum Gasteiger partial charge on any atom is 0.469 e. The van der Waals surface area contributed by atoms with Crippen molar-refractivity contribution in [3.63, 3.8) is 0 Å². The molecule has 2 unspecified atom stereocenters. The Morgan fingerprint density at radius 3 is 1.70 bits per heavy atom. The Morgan fingerprint density at radius 2 is 1.13 bits per heavy atom. The van der Waals surface area contributed by atoms with E-state index in [9.17, 15) is 0 Å². The smallest absolute Gasteiger partial charge is 0.274 e. The lowest BCUT2D eigenvalue weighted by molar-refractivity contribution is -0.800. The topological polar surface area (TPSA) is 69.6 Å². The van der Waals surface area contributed by atoms with Gasteiger partial charge in [0.1, 0.15) is 6.17 Å². The van der Waals surface area contributed by atoms with Crippen molar-refractivity contribution in [3.8, 4) is 11.4 Å². The van der Waals surface area contributed by atoms with Crippen molar-refractivity contribution in [2.45, 2.75) is 12.3 Å². The minimum absolute atomic E-state index is 0.0263. The normalized spacial score (nSPS) is 18.8. The SMILES string of the molecule is c1ccc(C2NSNC(c3n[n+](-c4ccccc4)c[n+](-c4ccccc4)n3)N2)cc1. The number of aromatic nitrogens is 4. The summed E-state index contributed by atoms with van der Waals surface area (Å²) in [4.78, 5) is 0. The first-order chi connectivity index (χ1) is 14.9. The third-order valence-electron chi connectivity index (χ3n) is 4.76. The summed E-state index contributed by atoms with van der Waals surface area (Å²) in [7, 11) is 0. The molecule has 8 heteroatoms. The van der Waals surface area contributed by atoms with E-state index >= 15 is 0 Å². The number of nitrogens with one attached hydrogen (secondary N) is 3. The van der Waals surface area contributed by atoms with Crippen LogP contribution in [0, 0.1) is 0 Å². The first kappa shape index (κ1) is 18.8. The highest BCUT2D eigenvalue weighted by atomic mass is 32.2. The maximum atomic E-state index is 4.80. The molecule has 0 radical (unpaired) electrons. The van der Waals surface area contributed by atoms with Crippen LogP contribution in [0.5, 0.6) is 0 Å². The number of nitrogens with zero attached hydrogens (tertiary/aromatic N) is 4. The van der Waals surface area contributed by atoms with Gasteiger partial charge in [0.15, 0.2) is 0 Å². The Hall–Kier alpha value is -3.17. The number of hydrogen-bond acceptors (Lipinski definition) is 6. The number of benzene rings is 3. The lowest BCUT2D eigenvalue weighted by atomic mass is 10.2. The van der Waals surface area contributed by atoms with Gasteiger partial charge >= 0.3 is 6.33 Å². The molecule has 1 aliphatic rings. The van der Waals surface area contributed by atoms with E-state index < -0.39 is 0 Å². The molecule has 2 atom stereocenters. The standard InChI is InChI=1S/C22H21N7S/c1-4-10-17(11-5-1)20-23-21(27-30-26-20)22-24-28(18-12-6-2-7-13-18)16-29(25-22)19-14-8-3-9-15-19/h1-16,20-21,23,26-27H/q+2. The zero-order valence-corrected chi connectivity index (χ0v) is 16.9. The molecule has 1 aliphatic heterocycles. The van der Waals surface area contributed by atoms with Gasteiger partial charge in [-0.15, -0.1) is 0 Å². The van der Waals surface area contributed by atoms with Crippen molar-refractivity contribution in [1.82, 2.24) is 25.0 Å². The lowest BCUT2D eigenvalue weighted by Gasteiger charge is -2.30. The molecule has 2 heterocycles. The van der Waals surface area contributed by atoms with Gasteiger partial charge in [-0.2, -0.15) is 0 Å². The van der Waals surface area contributed by atoms with E-state index in [1.165, 1.54) is 12.1 Å². The van der Waals surface area contributed by atoms with Crippen LogP contribution in [-0.2, 0) is 0 Å². The second kappa shape index (κ2) is 8.68. The van der Waals surface area contributed by atoms with Gasteiger partial charge in [-0.25, -0.2) is 9.44 Å². The van der Waals surface area contributed by atoms with E-state index in [2.05, 4.69) is 26.9 Å². The van der Waals surface area contributed by atoms with Crippen molar-refractivity contribution in [1.29, 1.82) is 0 Å². The summed E-state index contributed by atoms with van der Waals surface area (Å²) in [6.45, 7) is 0. The van der Waals surface area contributed by atoms with Crippen LogP contribution < -0.4 is 24.1 Å². The first-order valence-corrected chi connectivity index (χ1v) is 10.5. The van der Waals surface area contributed by atoms with Gasteiger partial charge in [0.2, 0.25) is 11.4 Å². The van der Waals surface area contributed by atoms with Crippen LogP contribution in [0.15, 0.2) is 97.3 Å². The average molecular weight is 416 g/mol. The zero-order valence-electron chi connectivity index (χ0n) is 16.1. The van der Waals surface area contributed by atoms with E-state index in [0.717, 1.165) is 16.9 Å². The number of rotatable bonds is 4. The van der Waals surface area contributed by atoms with Crippen LogP contribution in [-0.4, -0.2) is 10.2 Å². The molecular weight excluding hydrogens is 394 g/mol. The summed E-state index contributed by atoms with van der Waals surface area (Å²) < 4.78 is 10.4. The molecule has 5 rings (SSSR count). The molecule has 0 spiro atoms. The highest BCUT2D eigenvalue weighted by Crippen LogP contribution is 2.21. The maximum absolute atomic E-state index is 4.80. The fraction of sp³-hybridized carbons (Fsp3) is 0.0909. The monoisotopic (exact) mass is 415 g/mol. The van der Waals surface area contributed by atoms with Crippen molar-refractivity contribution >= 4 is 12.1 Å². The fourth-order valence-electron chi connectivity index (χ4n) is 3.25. The van der Waals surface area contributed by atoms with Gasteiger partial charge in [-0.3, -0.25) is 5.32 Å². The molecule has 0 bridgehead atoms. The van der Waals surface area contributed by atoms with Gasteiger partial charge in [0.25, 0.3) is 5.82 Å². The Labute approximate surface area is 179 Å². The third kappa shape index (κ3) is 4.07. The first-order valence-electron chi connectivity index (χ1n) is 9.68. The van der Waals surface area contributed by atoms with E-state index in [-0.39, 0.29) is 12.3 Å². The molecule has 0 amide bonds. The second-order valence-corrected chi connectivity index (χ2v) is 7.49. The van der Waals surface area contributed by atoms with E-state index in [4.69, 9.17) is 10.2 Å². The van der Waals surface area contributed by atoms with Gasteiger partial charge in [0.05, 0.1) is 6.17 Å². The van der Waals surface area contributed by atoms with Crippen LogP contribution in [0.3, 0.4) is 0 Å². The fourth-order valence-corrected chi connectivity index (χ4v) is 3.93. The highest BCUT2D eigenvalue weighted by Gasteiger charge is 2.31. The number of hydrogen-bond donors (Lipinski definition) is 3. The molecule has 3 aromatic carbocycles. The molecule has 1 aromatic heterocycles. The minimum atomic E-state index is -0.243. The van der Waals surface area contributed by atoms with E-state index in [0.29, 0.717) is 5.82 Å². The summed E-state index contributed by atoms with van der Waals surface area (Å²) >= 11 is 1.44. The summed E-state index contributed by atoms with van der Waals surface area (Å²) in [5, 5.41) is 13.1. The molecule has 30 heavy (non-hydrogen) atoms. The van der Waals surface area contributed by atoms with Crippen LogP contribution in [0.2, 0.25) is 0 Å². The molecule has 148 valence electrons. The summed E-state index contributed by atoms with van der Waals surface area (Å²) in [5.41, 5.74) is 3.08.